The lowest BCUT2D eigenvalue weighted by Crippen LogP contribution is -2.49. The molecule has 0 fully saturated rings. The number of rotatable bonds is 12. The first kappa shape index (κ1) is 33.3. The molecule has 1 aliphatic carbocycles. The van der Waals surface area contributed by atoms with E-state index in [-0.39, 0.29) is 11.3 Å². The Bertz CT molecular complexity index is 2050. The molecular weight excluding hydrogens is 636 g/mol. The van der Waals surface area contributed by atoms with Crippen molar-refractivity contribution in [2.75, 3.05) is 35.5 Å². The van der Waals surface area contributed by atoms with Gasteiger partial charge in [0.1, 0.15) is 28.8 Å². The van der Waals surface area contributed by atoms with Gasteiger partial charge in [-0.2, -0.15) is 0 Å². The molecule has 2 aliphatic rings. The van der Waals surface area contributed by atoms with Crippen molar-refractivity contribution >= 4 is 0 Å². The van der Waals surface area contributed by atoms with E-state index in [1.807, 2.05) is 84.9 Å². The Morgan fingerprint density at radius 2 is 1.50 bits per heavy atom. The van der Waals surface area contributed by atoms with Crippen LogP contribution in [0, 0.1) is 0 Å². The van der Waals surface area contributed by atoms with Crippen LogP contribution in [0.15, 0.2) is 102 Å². The van der Waals surface area contributed by atoms with Crippen LogP contribution in [0.5, 0.6) is 23.0 Å². The van der Waals surface area contributed by atoms with Crippen molar-refractivity contribution in [3.05, 3.63) is 135 Å². The van der Waals surface area contributed by atoms with Gasteiger partial charge in [0, 0.05) is 50.4 Å². The van der Waals surface area contributed by atoms with Crippen LogP contribution in [0.1, 0.15) is 46.7 Å². The maximum Gasteiger partial charge on any atom is 0.258 e. The predicted octanol–water partition coefficient (Wildman–Crippen LogP) is 6.00. The molecule has 0 bridgehead atoms. The number of nitrogens with zero attached hydrogens (tertiary/aromatic N) is 2. The van der Waals surface area contributed by atoms with Gasteiger partial charge in [-0.15, -0.1) is 0 Å². The minimum Gasteiger partial charge on any atom is -0.497 e. The van der Waals surface area contributed by atoms with Crippen molar-refractivity contribution in [3.63, 3.8) is 0 Å². The summed E-state index contributed by atoms with van der Waals surface area (Å²) in [4.78, 5) is 20.6. The highest BCUT2D eigenvalue weighted by Gasteiger charge is 2.74. The summed E-state index contributed by atoms with van der Waals surface area (Å²) in [5, 5.41) is 13.8. The average Bonchev–Trinajstić information content (AvgIpc) is 3.56. The molecule has 1 unspecified atom stereocenters. The van der Waals surface area contributed by atoms with Gasteiger partial charge < -0.3 is 33.5 Å². The maximum atomic E-state index is 15.3. The highest BCUT2D eigenvalue weighted by molar-refractivity contribution is 5.70. The molecule has 1 aromatic heterocycles. The summed E-state index contributed by atoms with van der Waals surface area (Å²) in [7, 11) is 7.88. The summed E-state index contributed by atoms with van der Waals surface area (Å²) in [6.07, 6.45) is 0.712. The van der Waals surface area contributed by atoms with Gasteiger partial charge in [-0.1, -0.05) is 72.8 Å². The Balaban J connectivity index is 1.59. The topological polar surface area (TPSA) is 110 Å². The van der Waals surface area contributed by atoms with Crippen molar-refractivity contribution in [2.24, 2.45) is 0 Å². The van der Waals surface area contributed by atoms with Crippen LogP contribution in [0.3, 0.4) is 0 Å². The van der Waals surface area contributed by atoms with E-state index in [4.69, 9.17) is 33.4 Å². The van der Waals surface area contributed by atoms with Crippen LogP contribution in [-0.2, 0) is 27.2 Å². The fourth-order valence-corrected chi connectivity index (χ4v) is 7.67. The Hall–Kier alpha value is -5.16. The lowest BCUT2D eigenvalue weighted by Gasteiger charge is -2.40. The van der Waals surface area contributed by atoms with Gasteiger partial charge in [0.05, 0.1) is 44.1 Å². The number of benzene rings is 4. The van der Waals surface area contributed by atoms with E-state index in [9.17, 15) is 5.11 Å². The zero-order chi connectivity index (χ0) is 35.0. The normalized spacial score (nSPS) is 20.2. The van der Waals surface area contributed by atoms with Crippen LogP contribution in [-0.4, -0.2) is 56.5 Å². The fraction of sp³-hybridized carbons (Fsp3) is 0.300. The molecule has 0 amide bonds. The lowest BCUT2D eigenvalue weighted by molar-refractivity contribution is -0.107. The molecule has 5 aromatic rings. The SMILES string of the molecule is COc1ccc([C@@]23Oc4cc(OC)cc(OC)c4C2(O)c2nc(-c4ccccc4)n(CCCC(OC)OC)c(=O)c2[C@H]3c2ccccc2)cc1. The second-order valence-electron chi connectivity index (χ2n) is 12.4. The summed E-state index contributed by atoms with van der Waals surface area (Å²) in [5.41, 5.74) is -0.833. The third kappa shape index (κ3) is 4.97. The van der Waals surface area contributed by atoms with Crippen molar-refractivity contribution in [1.82, 2.24) is 9.55 Å². The third-order valence-electron chi connectivity index (χ3n) is 9.94. The molecule has 0 radical (unpaired) electrons. The van der Waals surface area contributed by atoms with Gasteiger partial charge in [0.15, 0.2) is 17.5 Å². The molecule has 3 atom stereocenters. The van der Waals surface area contributed by atoms with E-state index in [1.54, 1.807) is 45.1 Å². The van der Waals surface area contributed by atoms with Crippen LogP contribution in [0.2, 0.25) is 0 Å². The summed E-state index contributed by atoms with van der Waals surface area (Å²) in [5.74, 6) is 1.45. The van der Waals surface area contributed by atoms with Crippen LogP contribution in [0.25, 0.3) is 11.4 Å². The van der Waals surface area contributed by atoms with Gasteiger partial charge in [-0.3, -0.25) is 9.36 Å². The smallest absolute Gasteiger partial charge is 0.258 e. The molecule has 4 aromatic carbocycles. The largest absolute Gasteiger partial charge is 0.497 e. The Kier molecular flexibility index (Phi) is 8.86. The molecule has 0 saturated heterocycles. The Morgan fingerprint density at radius 1 is 0.840 bits per heavy atom. The van der Waals surface area contributed by atoms with Gasteiger partial charge in [-0.25, -0.2) is 4.98 Å². The zero-order valence-corrected chi connectivity index (χ0v) is 28.7. The molecule has 0 saturated carbocycles. The molecule has 7 rings (SSSR count). The summed E-state index contributed by atoms with van der Waals surface area (Å²) < 4.78 is 36.8. The van der Waals surface area contributed by atoms with Crippen molar-refractivity contribution in [2.45, 2.75) is 42.8 Å². The molecule has 2 heterocycles. The number of aromatic nitrogens is 2. The number of aliphatic hydroxyl groups is 1. The molecular formula is C40H40N2O8. The van der Waals surface area contributed by atoms with Crippen LogP contribution < -0.4 is 24.5 Å². The standard InChI is InChI=1S/C40H40N2O8/c1-45-28-20-18-27(19-21-28)40-34(25-13-8-6-9-14-25)33-36(39(40,44)35-30(47-3)23-29(46-2)24-31(35)50-40)41-37(26-15-10-7-11-16-26)42(38(33)43)22-12-17-32(48-4)49-5/h6-11,13-16,18-21,23-24,32,34,44H,12,17,22H2,1-5H3/t34-,39?,40+/m1/s1. The minimum atomic E-state index is -2.00. The highest BCUT2D eigenvalue weighted by atomic mass is 16.7. The molecule has 1 N–H and O–H groups in total. The summed E-state index contributed by atoms with van der Waals surface area (Å²) in [6.45, 7) is 0.333. The first-order valence-corrected chi connectivity index (χ1v) is 16.5. The average molecular weight is 677 g/mol. The number of ether oxygens (including phenoxy) is 6. The van der Waals surface area contributed by atoms with Crippen molar-refractivity contribution < 1.29 is 33.5 Å². The number of fused-ring (bicyclic) bond motifs is 5. The van der Waals surface area contributed by atoms with Gasteiger partial charge in [0.2, 0.25) is 0 Å². The van der Waals surface area contributed by atoms with E-state index in [0.717, 1.165) is 11.1 Å². The second-order valence-corrected chi connectivity index (χ2v) is 12.4. The number of hydrogen-bond donors (Lipinski definition) is 1. The molecule has 50 heavy (non-hydrogen) atoms. The van der Waals surface area contributed by atoms with Crippen LogP contribution >= 0.6 is 0 Å². The number of hydrogen-bond acceptors (Lipinski definition) is 9. The monoisotopic (exact) mass is 676 g/mol. The lowest BCUT2D eigenvalue weighted by atomic mass is 9.70. The van der Waals surface area contributed by atoms with E-state index >= 15 is 4.79 Å². The Morgan fingerprint density at radius 3 is 2.12 bits per heavy atom. The molecule has 0 spiro atoms. The van der Waals surface area contributed by atoms with Crippen molar-refractivity contribution in [3.8, 4) is 34.4 Å². The third-order valence-corrected chi connectivity index (χ3v) is 9.94. The van der Waals surface area contributed by atoms with Crippen molar-refractivity contribution in [1.29, 1.82) is 0 Å². The fourth-order valence-electron chi connectivity index (χ4n) is 7.67. The Labute approximate surface area is 290 Å². The van der Waals surface area contributed by atoms with Gasteiger partial charge in [-0.05, 0) is 24.1 Å². The van der Waals surface area contributed by atoms with E-state index in [1.165, 1.54) is 7.11 Å². The van der Waals surface area contributed by atoms with E-state index < -0.39 is 23.4 Å². The first-order chi connectivity index (χ1) is 24.4. The quantitative estimate of drug-likeness (QED) is 0.159. The second kappa shape index (κ2) is 13.3. The zero-order valence-electron chi connectivity index (χ0n) is 28.7. The predicted molar refractivity (Wildman–Crippen MR) is 187 cm³/mol. The molecule has 10 nitrogen and oxygen atoms in total. The minimum absolute atomic E-state index is 0.205. The maximum absolute atomic E-state index is 15.3. The van der Waals surface area contributed by atoms with E-state index in [0.29, 0.717) is 64.9 Å². The van der Waals surface area contributed by atoms with Crippen LogP contribution in [0.4, 0.5) is 0 Å². The van der Waals surface area contributed by atoms with E-state index in [2.05, 4.69) is 0 Å². The highest BCUT2D eigenvalue weighted by Crippen LogP contribution is 2.69. The molecule has 258 valence electrons. The summed E-state index contributed by atoms with van der Waals surface area (Å²) >= 11 is 0. The van der Waals surface area contributed by atoms with Gasteiger partial charge >= 0.3 is 0 Å². The first-order valence-electron chi connectivity index (χ1n) is 16.5. The van der Waals surface area contributed by atoms with Gasteiger partial charge in [0.25, 0.3) is 5.56 Å². The molecule has 10 heteroatoms. The summed E-state index contributed by atoms with van der Waals surface area (Å²) in [6, 6.07) is 30.0. The number of methoxy groups -OCH3 is 5. The molecule has 1 aliphatic heterocycles.